The van der Waals surface area contributed by atoms with Gasteiger partial charge in [0.1, 0.15) is 16.3 Å². The maximum Gasteiger partial charge on any atom is 0.347 e. The Morgan fingerprint density at radius 1 is 1.27 bits per heavy atom. The third-order valence-corrected chi connectivity index (χ3v) is 4.43. The molecule has 2 heterocycles. The third-order valence-electron chi connectivity index (χ3n) is 3.39. The van der Waals surface area contributed by atoms with E-state index in [-0.39, 0.29) is 4.88 Å². The van der Waals surface area contributed by atoms with Crippen LogP contribution in [0.5, 0.6) is 0 Å². The Morgan fingerprint density at radius 3 is 2.73 bits per heavy atom. The van der Waals surface area contributed by atoms with Gasteiger partial charge in [-0.25, -0.2) is 9.78 Å². The van der Waals surface area contributed by atoms with Crippen LogP contribution in [0.1, 0.15) is 26.0 Å². The molecule has 0 unspecified atom stereocenters. The predicted octanol–water partition coefficient (Wildman–Crippen LogP) is 3.59. The van der Waals surface area contributed by atoms with Crippen LogP contribution in [-0.2, 0) is 12.8 Å². The fourth-order valence-electron chi connectivity index (χ4n) is 2.27. The first-order chi connectivity index (χ1) is 10.6. The molecule has 2 aromatic heterocycles. The van der Waals surface area contributed by atoms with Crippen LogP contribution in [-0.4, -0.2) is 21.2 Å². The summed E-state index contributed by atoms with van der Waals surface area (Å²) in [5.41, 5.74) is 2.89. The largest absolute Gasteiger partial charge is 0.477 e. The number of carboxylic acid groups (broad SMARTS) is 1. The van der Waals surface area contributed by atoms with Crippen molar-refractivity contribution in [2.24, 2.45) is 0 Å². The second kappa shape index (κ2) is 6.11. The predicted molar refractivity (Wildman–Crippen MR) is 83.2 cm³/mol. The Hall–Kier alpha value is -2.47. The molecule has 0 aliphatic carbocycles. The number of nitrogens with zero attached hydrogens (tertiary/aromatic N) is 2. The lowest BCUT2D eigenvalue weighted by atomic mass is 10.0. The number of aromatic nitrogens is 2. The Labute approximate surface area is 131 Å². The van der Waals surface area contributed by atoms with Crippen LogP contribution in [0, 0.1) is 6.92 Å². The number of carbonyl (C=O) groups is 1. The molecule has 1 N–H and O–H groups in total. The number of benzene rings is 1. The summed E-state index contributed by atoms with van der Waals surface area (Å²) in [6.07, 6.45) is 2.78. The lowest BCUT2D eigenvalue weighted by Gasteiger charge is -2.01. The standard InChI is InChI=1S/C16H14N2O3S/c1-10-12(7-8-14-17-9-13(22-14)16(19)20)15(18-21-10)11-5-3-2-4-6-11/h2-6,9H,7-8H2,1H3,(H,19,20). The van der Waals surface area contributed by atoms with Crippen molar-refractivity contribution in [1.82, 2.24) is 10.1 Å². The minimum Gasteiger partial charge on any atom is -0.477 e. The normalized spacial score (nSPS) is 10.8. The number of carboxylic acids is 1. The van der Waals surface area contributed by atoms with Crippen LogP contribution < -0.4 is 0 Å². The van der Waals surface area contributed by atoms with E-state index in [0.717, 1.165) is 27.6 Å². The smallest absolute Gasteiger partial charge is 0.347 e. The lowest BCUT2D eigenvalue weighted by Crippen LogP contribution is -1.94. The van der Waals surface area contributed by atoms with Crippen LogP contribution >= 0.6 is 11.3 Å². The summed E-state index contributed by atoms with van der Waals surface area (Å²) in [6.45, 7) is 1.89. The molecule has 1 aromatic carbocycles. The highest BCUT2D eigenvalue weighted by atomic mass is 32.1. The van der Waals surface area contributed by atoms with E-state index in [2.05, 4.69) is 10.1 Å². The van der Waals surface area contributed by atoms with Gasteiger partial charge in [0, 0.05) is 17.5 Å². The van der Waals surface area contributed by atoms with Gasteiger partial charge in [0.15, 0.2) is 0 Å². The molecule has 0 saturated heterocycles. The van der Waals surface area contributed by atoms with E-state index in [1.165, 1.54) is 17.5 Å². The second-order valence-electron chi connectivity index (χ2n) is 4.86. The molecule has 0 aliphatic rings. The molecule has 3 aromatic rings. The minimum atomic E-state index is -0.935. The summed E-state index contributed by atoms with van der Waals surface area (Å²) in [7, 11) is 0. The molecule has 0 saturated carbocycles. The molecule has 0 bridgehead atoms. The zero-order valence-electron chi connectivity index (χ0n) is 11.9. The summed E-state index contributed by atoms with van der Waals surface area (Å²) in [4.78, 5) is 15.3. The van der Waals surface area contributed by atoms with Gasteiger partial charge in [-0.15, -0.1) is 11.3 Å². The van der Waals surface area contributed by atoms with Gasteiger partial charge < -0.3 is 9.63 Å². The van der Waals surface area contributed by atoms with E-state index < -0.39 is 5.97 Å². The molecule has 0 spiro atoms. The molecule has 3 rings (SSSR count). The molecule has 112 valence electrons. The topological polar surface area (TPSA) is 76.2 Å². The highest BCUT2D eigenvalue weighted by Crippen LogP contribution is 2.26. The van der Waals surface area contributed by atoms with Crippen molar-refractivity contribution in [1.29, 1.82) is 0 Å². The number of rotatable bonds is 5. The van der Waals surface area contributed by atoms with Crippen LogP contribution in [0.15, 0.2) is 41.1 Å². The molecular weight excluding hydrogens is 300 g/mol. The summed E-state index contributed by atoms with van der Waals surface area (Å²) in [5.74, 6) is -0.149. The second-order valence-corrected chi connectivity index (χ2v) is 5.97. The van der Waals surface area contributed by atoms with Gasteiger partial charge in [0.05, 0.1) is 11.2 Å². The summed E-state index contributed by atoms with van der Waals surface area (Å²) in [6, 6.07) is 9.87. The van der Waals surface area contributed by atoms with Crippen LogP contribution in [0.25, 0.3) is 11.3 Å². The number of aromatic carboxylic acids is 1. The van der Waals surface area contributed by atoms with E-state index in [1.807, 2.05) is 37.3 Å². The highest BCUT2D eigenvalue weighted by molar-refractivity contribution is 7.13. The van der Waals surface area contributed by atoms with Gasteiger partial charge >= 0.3 is 5.97 Å². The van der Waals surface area contributed by atoms with Crippen LogP contribution in [0.2, 0.25) is 0 Å². The van der Waals surface area contributed by atoms with Crippen molar-refractivity contribution in [2.75, 3.05) is 0 Å². The van der Waals surface area contributed by atoms with Crippen molar-refractivity contribution in [3.05, 3.63) is 57.7 Å². The Bertz CT molecular complexity index is 793. The molecular formula is C16H14N2O3S. The monoisotopic (exact) mass is 314 g/mol. The first-order valence-corrected chi connectivity index (χ1v) is 7.65. The molecule has 0 atom stereocenters. The number of thiazole rings is 1. The molecule has 0 amide bonds. The van der Waals surface area contributed by atoms with E-state index >= 15 is 0 Å². The van der Waals surface area contributed by atoms with Crippen molar-refractivity contribution in [3.63, 3.8) is 0 Å². The maximum absolute atomic E-state index is 10.9. The average molecular weight is 314 g/mol. The van der Waals surface area contributed by atoms with Crippen molar-refractivity contribution < 1.29 is 14.4 Å². The molecule has 0 radical (unpaired) electrons. The van der Waals surface area contributed by atoms with Gasteiger partial charge in [-0.2, -0.15) is 0 Å². The fraction of sp³-hybridized carbons (Fsp3) is 0.188. The Kier molecular flexibility index (Phi) is 4.02. The third kappa shape index (κ3) is 2.92. The lowest BCUT2D eigenvalue weighted by molar-refractivity contribution is 0.0702. The van der Waals surface area contributed by atoms with Gasteiger partial charge in [-0.05, 0) is 13.3 Å². The van der Waals surface area contributed by atoms with E-state index in [0.29, 0.717) is 12.8 Å². The van der Waals surface area contributed by atoms with E-state index in [9.17, 15) is 4.79 Å². The molecule has 0 fully saturated rings. The number of hydrogen-bond donors (Lipinski definition) is 1. The number of hydrogen-bond acceptors (Lipinski definition) is 5. The van der Waals surface area contributed by atoms with Gasteiger partial charge in [0.2, 0.25) is 0 Å². The van der Waals surface area contributed by atoms with Crippen molar-refractivity contribution in [2.45, 2.75) is 19.8 Å². The molecule has 6 heteroatoms. The van der Waals surface area contributed by atoms with Gasteiger partial charge in [-0.3, -0.25) is 0 Å². The number of aryl methyl sites for hydroxylation is 2. The van der Waals surface area contributed by atoms with E-state index in [4.69, 9.17) is 9.63 Å². The summed E-state index contributed by atoms with van der Waals surface area (Å²) >= 11 is 1.21. The van der Waals surface area contributed by atoms with E-state index in [1.54, 1.807) is 0 Å². The Morgan fingerprint density at radius 2 is 2.05 bits per heavy atom. The van der Waals surface area contributed by atoms with Gasteiger partial charge in [0.25, 0.3) is 0 Å². The minimum absolute atomic E-state index is 0.264. The van der Waals surface area contributed by atoms with Crippen LogP contribution in [0.3, 0.4) is 0 Å². The molecule has 0 aliphatic heterocycles. The first kappa shape index (κ1) is 14.5. The molecule has 5 nitrogen and oxygen atoms in total. The summed E-state index contributed by atoms with van der Waals surface area (Å²) < 4.78 is 5.32. The fourth-order valence-corrected chi connectivity index (χ4v) is 3.02. The van der Waals surface area contributed by atoms with Gasteiger partial charge in [-0.1, -0.05) is 35.5 Å². The zero-order valence-corrected chi connectivity index (χ0v) is 12.8. The zero-order chi connectivity index (χ0) is 15.5. The molecule has 22 heavy (non-hydrogen) atoms. The highest BCUT2D eigenvalue weighted by Gasteiger charge is 2.16. The Balaban J connectivity index is 1.80. The van der Waals surface area contributed by atoms with Crippen molar-refractivity contribution in [3.8, 4) is 11.3 Å². The maximum atomic E-state index is 10.9. The van der Waals surface area contributed by atoms with Crippen LogP contribution in [0.4, 0.5) is 0 Å². The summed E-state index contributed by atoms with van der Waals surface area (Å²) in [5, 5.41) is 13.9. The SMILES string of the molecule is Cc1onc(-c2ccccc2)c1CCc1ncc(C(=O)O)s1. The quantitative estimate of drug-likeness (QED) is 0.779. The van der Waals surface area contributed by atoms with Crippen molar-refractivity contribution >= 4 is 17.3 Å². The average Bonchev–Trinajstić information content (AvgIpc) is 3.13. The first-order valence-electron chi connectivity index (χ1n) is 6.83.